The predicted molar refractivity (Wildman–Crippen MR) is 85.9 cm³/mol. The van der Waals surface area contributed by atoms with Crippen molar-refractivity contribution in [2.45, 2.75) is 20.0 Å². The summed E-state index contributed by atoms with van der Waals surface area (Å²) >= 11 is 0. The Morgan fingerprint density at radius 2 is 2.12 bits per heavy atom. The topological polar surface area (TPSA) is 92.9 Å². The molecule has 2 aromatic rings. The van der Waals surface area contributed by atoms with Crippen LogP contribution in [0.1, 0.15) is 40.0 Å². The fourth-order valence-corrected chi connectivity index (χ4v) is 2.05. The molecular weight excluding hydrogens is 312 g/mol. The maximum atomic E-state index is 12.1. The van der Waals surface area contributed by atoms with Crippen molar-refractivity contribution in [1.82, 2.24) is 10.1 Å². The second kappa shape index (κ2) is 8.26. The number of benzene rings is 1. The van der Waals surface area contributed by atoms with E-state index in [-0.39, 0.29) is 30.6 Å². The fourth-order valence-electron chi connectivity index (χ4n) is 2.05. The summed E-state index contributed by atoms with van der Waals surface area (Å²) in [6, 6.07) is 8.34. The fraction of sp³-hybridized carbons (Fsp3) is 0.353. The molecule has 1 aromatic carbocycles. The molecule has 2 rings (SSSR count). The van der Waals surface area contributed by atoms with Crippen LogP contribution in [0, 0.1) is 0 Å². The van der Waals surface area contributed by atoms with Crippen LogP contribution in [0.15, 0.2) is 34.9 Å². The number of Topliss-reactive ketones (excluding diaryl/α,β-unsaturated/α-hetero) is 1. The number of rotatable bonds is 8. The van der Waals surface area contributed by atoms with Crippen LogP contribution in [0.3, 0.4) is 0 Å². The standard InChI is InChI=1S/C17H20N2O5/c1-12(21)13-5-3-6-14(9-13)23-11-15-10-16(18-24-15)17(22)19(2)7-4-8-20/h3,5-6,9-10,20H,4,7-8,11H2,1-2H3. The molecule has 0 fully saturated rings. The summed E-state index contributed by atoms with van der Waals surface area (Å²) in [4.78, 5) is 24.9. The average Bonchev–Trinajstić information content (AvgIpc) is 3.06. The highest BCUT2D eigenvalue weighted by Gasteiger charge is 2.17. The molecule has 0 radical (unpaired) electrons. The van der Waals surface area contributed by atoms with Gasteiger partial charge in [0.05, 0.1) is 0 Å². The molecule has 1 heterocycles. The van der Waals surface area contributed by atoms with Crippen molar-refractivity contribution in [2.24, 2.45) is 0 Å². The molecule has 0 atom stereocenters. The molecule has 0 aliphatic rings. The highest BCUT2D eigenvalue weighted by Crippen LogP contribution is 2.16. The van der Waals surface area contributed by atoms with Gasteiger partial charge in [-0.2, -0.15) is 0 Å². The van der Waals surface area contributed by atoms with Crippen LogP contribution < -0.4 is 4.74 Å². The lowest BCUT2D eigenvalue weighted by Crippen LogP contribution is -2.28. The predicted octanol–water partition coefficient (Wildman–Crippen LogP) is 1.91. The first-order valence-electron chi connectivity index (χ1n) is 7.57. The minimum absolute atomic E-state index is 0.0227. The van der Waals surface area contributed by atoms with Crippen LogP contribution in [0.5, 0.6) is 5.75 Å². The van der Waals surface area contributed by atoms with E-state index in [4.69, 9.17) is 14.4 Å². The minimum atomic E-state index is -0.281. The number of aromatic nitrogens is 1. The van der Waals surface area contributed by atoms with E-state index in [1.165, 1.54) is 17.9 Å². The third-order valence-electron chi connectivity index (χ3n) is 3.40. The number of hydrogen-bond donors (Lipinski definition) is 1. The molecule has 24 heavy (non-hydrogen) atoms. The number of aliphatic hydroxyl groups excluding tert-OH is 1. The Balaban J connectivity index is 1.95. The second-order valence-corrected chi connectivity index (χ2v) is 5.36. The lowest BCUT2D eigenvalue weighted by molar-refractivity contribution is 0.0775. The van der Waals surface area contributed by atoms with Gasteiger partial charge in [0.15, 0.2) is 17.2 Å². The quantitative estimate of drug-likeness (QED) is 0.742. The first-order valence-corrected chi connectivity index (χ1v) is 7.57. The summed E-state index contributed by atoms with van der Waals surface area (Å²) in [7, 11) is 1.64. The van der Waals surface area contributed by atoms with Gasteiger partial charge in [0.2, 0.25) is 0 Å². The van der Waals surface area contributed by atoms with Gasteiger partial charge in [0.25, 0.3) is 5.91 Å². The van der Waals surface area contributed by atoms with Gasteiger partial charge >= 0.3 is 0 Å². The van der Waals surface area contributed by atoms with E-state index in [1.807, 2.05) is 0 Å². The zero-order chi connectivity index (χ0) is 17.5. The molecule has 1 aromatic heterocycles. The Morgan fingerprint density at radius 3 is 2.83 bits per heavy atom. The van der Waals surface area contributed by atoms with E-state index in [9.17, 15) is 9.59 Å². The first kappa shape index (κ1) is 17.7. The molecule has 0 spiro atoms. The van der Waals surface area contributed by atoms with Crippen molar-refractivity contribution >= 4 is 11.7 Å². The third kappa shape index (κ3) is 4.66. The Morgan fingerprint density at radius 1 is 1.33 bits per heavy atom. The van der Waals surface area contributed by atoms with E-state index < -0.39 is 0 Å². The summed E-state index contributed by atoms with van der Waals surface area (Å²) in [6.45, 7) is 2.05. The van der Waals surface area contributed by atoms with Gasteiger partial charge in [-0.3, -0.25) is 9.59 Å². The lowest BCUT2D eigenvalue weighted by atomic mass is 10.1. The van der Waals surface area contributed by atoms with Crippen LogP contribution in [0.4, 0.5) is 0 Å². The molecule has 0 aliphatic heterocycles. The number of ether oxygens (including phenoxy) is 1. The summed E-state index contributed by atoms with van der Waals surface area (Å²) in [5.41, 5.74) is 0.748. The van der Waals surface area contributed by atoms with E-state index in [0.717, 1.165) is 0 Å². The van der Waals surface area contributed by atoms with Gasteiger partial charge in [-0.1, -0.05) is 17.3 Å². The summed E-state index contributed by atoms with van der Waals surface area (Å²) in [5.74, 6) is 0.616. The van der Waals surface area contributed by atoms with Gasteiger partial charge < -0.3 is 19.3 Å². The van der Waals surface area contributed by atoms with Gasteiger partial charge in [0, 0.05) is 31.8 Å². The molecule has 0 bridgehead atoms. The van der Waals surface area contributed by atoms with Crippen LogP contribution in [-0.2, 0) is 6.61 Å². The monoisotopic (exact) mass is 332 g/mol. The summed E-state index contributed by atoms with van der Waals surface area (Å²) in [6.07, 6.45) is 0.503. The van der Waals surface area contributed by atoms with Gasteiger partial charge in [-0.05, 0) is 25.5 Å². The molecule has 7 nitrogen and oxygen atoms in total. The molecule has 1 amide bonds. The maximum Gasteiger partial charge on any atom is 0.275 e. The van der Waals surface area contributed by atoms with Crippen LogP contribution in [-0.4, -0.2) is 47.1 Å². The molecule has 1 N–H and O–H groups in total. The molecular formula is C17H20N2O5. The van der Waals surface area contributed by atoms with Gasteiger partial charge in [0.1, 0.15) is 12.4 Å². The molecule has 0 unspecified atom stereocenters. The van der Waals surface area contributed by atoms with Gasteiger partial charge in [-0.25, -0.2) is 0 Å². The Bertz CT molecular complexity index is 711. The highest BCUT2D eigenvalue weighted by atomic mass is 16.5. The molecule has 0 saturated carbocycles. The van der Waals surface area contributed by atoms with Crippen LogP contribution >= 0.6 is 0 Å². The number of carbonyl (C=O) groups excluding carboxylic acids is 2. The van der Waals surface area contributed by atoms with Crippen molar-refractivity contribution in [3.8, 4) is 5.75 Å². The van der Waals surface area contributed by atoms with Crippen LogP contribution in [0.25, 0.3) is 0 Å². The number of hydrogen-bond acceptors (Lipinski definition) is 6. The largest absolute Gasteiger partial charge is 0.486 e. The van der Waals surface area contributed by atoms with Crippen molar-refractivity contribution in [3.63, 3.8) is 0 Å². The van der Waals surface area contributed by atoms with E-state index in [2.05, 4.69) is 5.16 Å². The molecule has 7 heteroatoms. The molecule has 128 valence electrons. The van der Waals surface area contributed by atoms with Crippen molar-refractivity contribution in [3.05, 3.63) is 47.3 Å². The van der Waals surface area contributed by atoms with Gasteiger partial charge in [-0.15, -0.1) is 0 Å². The normalized spacial score (nSPS) is 10.5. The highest BCUT2D eigenvalue weighted by molar-refractivity contribution is 5.94. The zero-order valence-electron chi connectivity index (χ0n) is 13.7. The Hall–Kier alpha value is -2.67. The maximum absolute atomic E-state index is 12.1. The summed E-state index contributed by atoms with van der Waals surface area (Å²) < 4.78 is 10.7. The lowest BCUT2D eigenvalue weighted by Gasteiger charge is -2.14. The Labute approximate surface area is 139 Å². The minimum Gasteiger partial charge on any atom is -0.486 e. The van der Waals surface area contributed by atoms with Crippen molar-refractivity contribution in [2.75, 3.05) is 20.2 Å². The smallest absolute Gasteiger partial charge is 0.275 e. The number of nitrogens with zero attached hydrogens (tertiary/aromatic N) is 2. The molecule has 0 aliphatic carbocycles. The number of carbonyl (C=O) groups is 2. The van der Waals surface area contributed by atoms with Crippen molar-refractivity contribution in [1.29, 1.82) is 0 Å². The first-order chi connectivity index (χ1) is 11.5. The average molecular weight is 332 g/mol. The number of amides is 1. The molecule has 0 saturated heterocycles. The SMILES string of the molecule is CC(=O)c1cccc(OCc2cc(C(=O)N(C)CCCO)no2)c1. The van der Waals surface area contributed by atoms with Crippen molar-refractivity contribution < 1.29 is 24.0 Å². The van der Waals surface area contributed by atoms with Crippen LogP contribution in [0.2, 0.25) is 0 Å². The number of ketones is 1. The number of aliphatic hydroxyl groups is 1. The van der Waals surface area contributed by atoms with E-state index in [1.54, 1.807) is 31.3 Å². The van der Waals surface area contributed by atoms with E-state index >= 15 is 0 Å². The Kier molecular flexibility index (Phi) is 6.08. The van der Waals surface area contributed by atoms with E-state index in [0.29, 0.717) is 30.0 Å². The summed E-state index contributed by atoms with van der Waals surface area (Å²) in [5, 5.41) is 12.5. The second-order valence-electron chi connectivity index (χ2n) is 5.36. The third-order valence-corrected chi connectivity index (χ3v) is 3.40. The zero-order valence-corrected chi connectivity index (χ0v) is 13.7.